The number of benzene rings is 3. The molecule has 9 heteroatoms. The predicted molar refractivity (Wildman–Crippen MR) is 128 cm³/mol. The van der Waals surface area contributed by atoms with Crippen LogP contribution >= 0.6 is 27.5 Å². The monoisotopic (exact) mass is 515 g/mol. The average Bonchev–Trinajstić information content (AvgIpc) is 2.79. The zero-order valence-corrected chi connectivity index (χ0v) is 19.5. The Bertz CT molecular complexity index is 1180. The third kappa shape index (κ3) is 5.87. The Morgan fingerprint density at radius 2 is 1.75 bits per heavy atom. The molecule has 0 aliphatic heterocycles. The Balaban J connectivity index is 1.78. The summed E-state index contributed by atoms with van der Waals surface area (Å²) in [6.07, 6.45) is 1.48. The molecule has 0 aliphatic carbocycles. The summed E-state index contributed by atoms with van der Waals surface area (Å²) in [5, 5.41) is 7.28. The summed E-state index contributed by atoms with van der Waals surface area (Å²) in [4.78, 5) is 25.5. The third-order valence-electron chi connectivity index (χ3n) is 4.35. The van der Waals surface area contributed by atoms with E-state index >= 15 is 0 Å². The van der Waals surface area contributed by atoms with Crippen LogP contribution in [0.4, 0.5) is 5.69 Å². The topological polar surface area (TPSA) is 89.0 Å². The molecule has 0 fully saturated rings. The van der Waals surface area contributed by atoms with Crippen LogP contribution in [0.2, 0.25) is 5.02 Å². The quantitative estimate of drug-likeness (QED) is 0.336. The number of nitrogens with zero attached hydrogens (tertiary/aromatic N) is 1. The molecule has 3 aromatic carbocycles. The van der Waals surface area contributed by atoms with Gasteiger partial charge < -0.3 is 14.8 Å². The highest BCUT2D eigenvalue weighted by Crippen LogP contribution is 2.28. The van der Waals surface area contributed by atoms with Crippen LogP contribution in [0.3, 0.4) is 0 Å². The molecule has 0 atom stereocenters. The van der Waals surface area contributed by atoms with E-state index in [1.165, 1.54) is 20.4 Å². The molecule has 2 N–H and O–H groups in total. The van der Waals surface area contributed by atoms with Crippen LogP contribution in [0.5, 0.6) is 11.5 Å². The second kappa shape index (κ2) is 10.8. The van der Waals surface area contributed by atoms with E-state index in [-0.39, 0.29) is 5.56 Å². The lowest BCUT2D eigenvalue weighted by atomic mass is 10.1. The Labute approximate surface area is 198 Å². The molecule has 3 rings (SSSR count). The van der Waals surface area contributed by atoms with E-state index in [2.05, 4.69) is 31.8 Å². The first-order chi connectivity index (χ1) is 15.4. The molecule has 3 aromatic rings. The summed E-state index contributed by atoms with van der Waals surface area (Å²) in [7, 11) is 3.00. The molecule has 0 aromatic heterocycles. The Morgan fingerprint density at radius 1 is 0.969 bits per heavy atom. The number of amides is 2. The number of halogens is 2. The summed E-state index contributed by atoms with van der Waals surface area (Å²) in [5.74, 6) is 0.0199. The first kappa shape index (κ1) is 23.3. The van der Waals surface area contributed by atoms with Gasteiger partial charge >= 0.3 is 0 Å². The van der Waals surface area contributed by atoms with E-state index < -0.39 is 11.8 Å². The SMILES string of the molecule is COc1ccc(C(=O)Nc2ccc(Br)cc2C(=O)NN=Cc2cccc(Cl)c2)cc1OC. The van der Waals surface area contributed by atoms with Crippen molar-refractivity contribution in [2.24, 2.45) is 5.10 Å². The number of nitrogens with one attached hydrogen (secondary N) is 2. The van der Waals surface area contributed by atoms with E-state index in [4.69, 9.17) is 21.1 Å². The van der Waals surface area contributed by atoms with Crippen LogP contribution in [-0.2, 0) is 0 Å². The van der Waals surface area contributed by atoms with Gasteiger partial charge in [0.15, 0.2) is 11.5 Å². The highest BCUT2D eigenvalue weighted by Gasteiger charge is 2.16. The van der Waals surface area contributed by atoms with E-state index in [0.29, 0.717) is 32.2 Å². The number of hydrogen-bond acceptors (Lipinski definition) is 5. The molecule has 0 radical (unpaired) electrons. The molecule has 0 heterocycles. The average molecular weight is 517 g/mol. The molecular formula is C23H19BrClN3O4. The van der Waals surface area contributed by atoms with E-state index in [0.717, 1.165) is 5.56 Å². The molecule has 0 aliphatic rings. The van der Waals surface area contributed by atoms with Crippen molar-refractivity contribution >= 4 is 51.2 Å². The van der Waals surface area contributed by atoms with Gasteiger partial charge in [-0.1, -0.05) is 39.7 Å². The minimum absolute atomic E-state index is 0.233. The van der Waals surface area contributed by atoms with Crippen molar-refractivity contribution < 1.29 is 19.1 Å². The van der Waals surface area contributed by atoms with Crippen LogP contribution in [0.15, 0.2) is 70.2 Å². The molecule has 164 valence electrons. The van der Waals surface area contributed by atoms with Gasteiger partial charge in [-0.3, -0.25) is 9.59 Å². The Kier molecular flexibility index (Phi) is 7.86. The summed E-state index contributed by atoms with van der Waals surface area (Å²) in [5.41, 5.74) is 4.09. The highest BCUT2D eigenvalue weighted by molar-refractivity contribution is 9.10. The normalized spacial score (nSPS) is 10.6. The van der Waals surface area contributed by atoms with Crippen molar-refractivity contribution in [3.8, 4) is 11.5 Å². The maximum Gasteiger partial charge on any atom is 0.273 e. The number of methoxy groups -OCH3 is 2. The predicted octanol–water partition coefficient (Wildman–Crippen LogP) is 5.14. The van der Waals surface area contributed by atoms with Crippen molar-refractivity contribution in [3.63, 3.8) is 0 Å². The van der Waals surface area contributed by atoms with E-state index in [9.17, 15) is 9.59 Å². The number of rotatable bonds is 7. The van der Waals surface area contributed by atoms with Gasteiger partial charge in [0.1, 0.15) is 0 Å². The fourth-order valence-electron chi connectivity index (χ4n) is 2.80. The van der Waals surface area contributed by atoms with Crippen LogP contribution in [0, 0.1) is 0 Å². The summed E-state index contributed by atoms with van der Waals surface area (Å²) < 4.78 is 11.1. The van der Waals surface area contributed by atoms with E-state index in [1.54, 1.807) is 60.7 Å². The lowest BCUT2D eigenvalue weighted by molar-refractivity contribution is 0.0956. The van der Waals surface area contributed by atoms with Crippen LogP contribution < -0.4 is 20.2 Å². The molecule has 32 heavy (non-hydrogen) atoms. The molecule has 0 bridgehead atoms. The largest absolute Gasteiger partial charge is 0.493 e. The number of carbonyl (C=O) groups excluding carboxylic acids is 2. The molecule has 2 amide bonds. The van der Waals surface area contributed by atoms with Crippen LogP contribution in [-0.4, -0.2) is 32.2 Å². The number of carbonyl (C=O) groups is 2. The molecule has 0 saturated carbocycles. The smallest absolute Gasteiger partial charge is 0.273 e. The molecule has 0 saturated heterocycles. The highest BCUT2D eigenvalue weighted by atomic mass is 79.9. The van der Waals surface area contributed by atoms with Crippen molar-refractivity contribution in [1.82, 2.24) is 5.43 Å². The number of hydrazone groups is 1. The minimum atomic E-state index is -0.493. The summed E-state index contributed by atoms with van der Waals surface area (Å²) in [6.45, 7) is 0. The van der Waals surface area contributed by atoms with Crippen molar-refractivity contribution in [3.05, 3.63) is 86.8 Å². The lowest BCUT2D eigenvalue weighted by Gasteiger charge is -2.12. The molecule has 0 spiro atoms. The van der Waals surface area contributed by atoms with Crippen LogP contribution in [0.1, 0.15) is 26.3 Å². The van der Waals surface area contributed by atoms with Gasteiger partial charge in [0.25, 0.3) is 11.8 Å². The minimum Gasteiger partial charge on any atom is -0.493 e. The van der Waals surface area contributed by atoms with Crippen LogP contribution in [0.25, 0.3) is 0 Å². The first-order valence-corrected chi connectivity index (χ1v) is 10.5. The summed E-state index contributed by atoms with van der Waals surface area (Å²) in [6, 6.07) is 16.8. The van der Waals surface area contributed by atoms with Gasteiger partial charge in [-0.15, -0.1) is 0 Å². The maximum absolute atomic E-state index is 12.8. The zero-order chi connectivity index (χ0) is 23.1. The van der Waals surface area contributed by atoms with Gasteiger partial charge in [-0.05, 0) is 54.1 Å². The molecule has 0 unspecified atom stereocenters. The Morgan fingerprint density at radius 3 is 2.47 bits per heavy atom. The van der Waals surface area contributed by atoms with Gasteiger partial charge in [-0.2, -0.15) is 5.10 Å². The molecular weight excluding hydrogens is 498 g/mol. The first-order valence-electron chi connectivity index (χ1n) is 9.33. The number of hydrogen-bond donors (Lipinski definition) is 2. The number of ether oxygens (including phenoxy) is 2. The molecule has 7 nitrogen and oxygen atoms in total. The van der Waals surface area contributed by atoms with Gasteiger partial charge in [0, 0.05) is 15.1 Å². The lowest BCUT2D eigenvalue weighted by Crippen LogP contribution is -2.21. The zero-order valence-electron chi connectivity index (χ0n) is 17.2. The number of anilines is 1. The Hall–Kier alpha value is -3.36. The van der Waals surface area contributed by atoms with Crippen molar-refractivity contribution in [2.45, 2.75) is 0 Å². The maximum atomic E-state index is 12.8. The fraction of sp³-hybridized carbons (Fsp3) is 0.0870. The van der Waals surface area contributed by atoms with Crippen molar-refractivity contribution in [1.29, 1.82) is 0 Å². The second-order valence-electron chi connectivity index (χ2n) is 6.47. The fourth-order valence-corrected chi connectivity index (χ4v) is 3.36. The summed E-state index contributed by atoms with van der Waals surface area (Å²) >= 11 is 9.29. The third-order valence-corrected chi connectivity index (χ3v) is 5.08. The van der Waals surface area contributed by atoms with Gasteiger partial charge in [-0.25, -0.2) is 5.43 Å². The second-order valence-corrected chi connectivity index (χ2v) is 7.82. The van der Waals surface area contributed by atoms with Gasteiger partial charge in [0.05, 0.1) is 31.7 Å². The standard InChI is InChI=1S/C23H19BrClN3O4/c1-31-20-9-6-15(11-21(20)32-2)22(29)27-19-8-7-16(24)12-18(19)23(30)28-26-13-14-4-3-5-17(25)10-14/h3-13H,1-2H3,(H,27,29)(H,28,30). The van der Waals surface area contributed by atoms with Gasteiger partial charge in [0.2, 0.25) is 0 Å². The van der Waals surface area contributed by atoms with E-state index in [1.807, 2.05) is 0 Å². The van der Waals surface area contributed by atoms with Crippen molar-refractivity contribution in [2.75, 3.05) is 19.5 Å².